The molecule has 1 amide bonds. The molecule has 1 unspecified atom stereocenters. The molecule has 1 saturated heterocycles. The van der Waals surface area contributed by atoms with E-state index >= 15 is 0 Å². The van der Waals surface area contributed by atoms with Gasteiger partial charge in [0, 0.05) is 25.7 Å². The zero-order valence-corrected chi connectivity index (χ0v) is 10.9. The number of amides is 1. The number of hydrogen-bond acceptors (Lipinski definition) is 2. The maximum Gasteiger partial charge on any atom is 0.407 e. The van der Waals surface area contributed by atoms with Crippen molar-refractivity contribution in [2.24, 2.45) is 0 Å². The number of likely N-dealkylation sites (N-methyl/N-ethyl adjacent to an activating group) is 1. The summed E-state index contributed by atoms with van der Waals surface area (Å²) in [4.78, 5) is 14.4. The lowest BCUT2D eigenvalue weighted by molar-refractivity contribution is 0.0471. The molecule has 2 rings (SSSR count). The summed E-state index contributed by atoms with van der Waals surface area (Å²) in [5.74, 6) is 0.468. The first-order valence-corrected chi connectivity index (χ1v) is 6.31. The molecule has 1 aromatic carbocycles. The third-order valence-electron chi connectivity index (χ3n) is 3.69. The van der Waals surface area contributed by atoms with Gasteiger partial charge in [0.1, 0.15) is 0 Å². The van der Waals surface area contributed by atoms with Crippen LogP contribution in [0.3, 0.4) is 0 Å². The highest BCUT2D eigenvalue weighted by atomic mass is 16.4. The molecular formula is C14H20N2O2. The van der Waals surface area contributed by atoms with Crippen molar-refractivity contribution >= 4 is 6.09 Å². The van der Waals surface area contributed by atoms with Gasteiger partial charge in [-0.1, -0.05) is 37.3 Å². The van der Waals surface area contributed by atoms with Crippen LogP contribution in [0.2, 0.25) is 0 Å². The average Bonchev–Trinajstić information content (AvgIpc) is 2.27. The van der Waals surface area contributed by atoms with Crippen molar-refractivity contribution in [3.05, 3.63) is 35.9 Å². The predicted molar refractivity (Wildman–Crippen MR) is 70.9 cm³/mol. The molecule has 4 heteroatoms. The summed E-state index contributed by atoms with van der Waals surface area (Å²) in [5.41, 5.74) is 1.33. The Morgan fingerprint density at radius 3 is 2.61 bits per heavy atom. The van der Waals surface area contributed by atoms with Crippen LogP contribution < -0.4 is 0 Å². The van der Waals surface area contributed by atoms with Crippen LogP contribution in [0.5, 0.6) is 0 Å². The Morgan fingerprint density at radius 2 is 2.06 bits per heavy atom. The summed E-state index contributed by atoms with van der Waals surface area (Å²) < 4.78 is 0. The van der Waals surface area contributed by atoms with Crippen molar-refractivity contribution in [2.45, 2.75) is 18.9 Å². The highest BCUT2D eigenvalue weighted by Gasteiger charge is 2.33. The smallest absolute Gasteiger partial charge is 0.407 e. The molecule has 1 fully saturated rings. The maximum atomic E-state index is 10.7. The second kappa shape index (κ2) is 5.40. The Bertz CT molecular complexity index is 402. The molecule has 0 bridgehead atoms. The molecule has 4 nitrogen and oxygen atoms in total. The van der Waals surface area contributed by atoms with Crippen molar-refractivity contribution in [3.63, 3.8) is 0 Å². The molecule has 1 aliphatic heterocycles. The average molecular weight is 248 g/mol. The van der Waals surface area contributed by atoms with Gasteiger partial charge in [0.05, 0.1) is 0 Å². The number of carboxylic acid groups (broad SMARTS) is 1. The van der Waals surface area contributed by atoms with Crippen LogP contribution in [-0.4, -0.2) is 53.7 Å². The first-order valence-electron chi connectivity index (χ1n) is 6.31. The molecule has 98 valence electrons. The summed E-state index contributed by atoms with van der Waals surface area (Å²) in [5, 5.41) is 8.80. The van der Waals surface area contributed by atoms with Crippen LogP contribution in [-0.2, 0) is 0 Å². The minimum atomic E-state index is -0.809. The van der Waals surface area contributed by atoms with E-state index in [1.54, 1.807) is 0 Å². The minimum Gasteiger partial charge on any atom is -0.465 e. The van der Waals surface area contributed by atoms with Gasteiger partial charge < -0.3 is 10.0 Å². The molecule has 0 aromatic heterocycles. The Morgan fingerprint density at radius 1 is 1.44 bits per heavy atom. The van der Waals surface area contributed by atoms with Crippen molar-refractivity contribution in [1.82, 2.24) is 9.80 Å². The molecule has 0 aliphatic carbocycles. The van der Waals surface area contributed by atoms with Crippen molar-refractivity contribution in [2.75, 3.05) is 26.7 Å². The van der Waals surface area contributed by atoms with Gasteiger partial charge in [-0.15, -0.1) is 0 Å². The first-order chi connectivity index (χ1) is 8.58. The Labute approximate surface area is 108 Å². The predicted octanol–water partition coefficient (Wildman–Crippen LogP) is 2.08. The highest BCUT2D eigenvalue weighted by molar-refractivity contribution is 5.66. The lowest BCUT2D eigenvalue weighted by Gasteiger charge is -2.43. The molecule has 1 N–H and O–H groups in total. The van der Waals surface area contributed by atoms with Crippen LogP contribution in [0, 0.1) is 0 Å². The van der Waals surface area contributed by atoms with Crippen LogP contribution in [0.4, 0.5) is 4.79 Å². The molecule has 1 aromatic rings. The van der Waals surface area contributed by atoms with E-state index in [1.807, 2.05) is 6.07 Å². The summed E-state index contributed by atoms with van der Waals surface area (Å²) in [7, 11) is 2.07. The van der Waals surface area contributed by atoms with Gasteiger partial charge in [0.2, 0.25) is 0 Å². The SMILES string of the molecule is CC(CN(C)C1CN(C(=O)O)C1)c1ccccc1. The van der Waals surface area contributed by atoms with Crippen LogP contribution in [0.25, 0.3) is 0 Å². The second-order valence-electron chi connectivity index (χ2n) is 5.09. The van der Waals surface area contributed by atoms with E-state index in [0.29, 0.717) is 25.0 Å². The topological polar surface area (TPSA) is 43.8 Å². The van der Waals surface area contributed by atoms with Gasteiger partial charge in [-0.3, -0.25) is 4.90 Å². The molecular weight excluding hydrogens is 228 g/mol. The van der Waals surface area contributed by atoms with Crippen molar-refractivity contribution in [3.8, 4) is 0 Å². The number of rotatable bonds is 4. The van der Waals surface area contributed by atoms with E-state index in [2.05, 4.69) is 43.1 Å². The van der Waals surface area contributed by atoms with Crippen LogP contribution in [0.15, 0.2) is 30.3 Å². The number of nitrogens with zero attached hydrogens (tertiary/aromatic N) is 2. The van der Waals surface area contributed by atoms with Gasteiger partial charge >= 0.3 is 6.09 Å². The summed E-state index contributed by atoms with van der Waals surface area (Å²) in [6, 6.07) is 10.8. The summed E-state index contributed by atoms with van der Waals surface area (Å²) in [6.07, 6.45) is -0.809. The lowest BCUT2D eigenvalue weighted by atomic mass is 9.99. The lowest BCUT2D eigenvalue weighted by Crippen LogP contribution is -2.60. The summed E-state index contributed by atoms with van der Waals surface area (Å²) in [6.45, 7) is 4.43. The van der Waals surface area contributed by atoms with Crippen LogP contribution >= 0.6 is 0 Å². The van der Waals surface area contributed by atoms with Gasteiger partial charge in [-0.2, -0.15) is 0 Å². The molecule has 1 atom stereocenters. The van der Waals surface area contributed by atoms with Crippen LogP contribution in [0.1, 0.15) is 18.4 Å². The fourth-order valence-corrected chi connectivity index (χ4v) is 2.36. The monoisotopic (exact) mass is 248 g/mol. The van der Waals surface area contributed by atoms with Crippen molar-refractivity contribution < 1.29 is 9.90 Å². The minimum absolute atomic E-state index is 0.368. The maximum absolute atomic E-state index is 10.7. The number of hydrogen-bond donors (Lipinski definition) is 1. The van der Waals surface area contributed by atoms with Gasteiger partial charge in [0.15, 0.2) is 0 Å². The largest absolute Gasteiger partial charge is 0.465 e. The van der Waals surface area contributed by atoms with Crippen molar-refractivity contribution in [1.29, 1.82) is 0 Å². The van der Waals surface area contributed by atoms with E-state index in [0.717, 1.165) is 6.54 Å². The molecule has 18 heavy (non-hydrogen) atoms. The standard InChI is InChI=1S/C14H20N2O2/c1-11(12-6-4-3-5-7-12)8-15(2)13-9-16(10-13)14(17)18/h3-7,11,13H,8-10H2,1-2H3,(H,17,18). The van der Waals surface area contributed by atoms with Gasteiger partial charge in [0.25, 0.3) is 0 Å². The number of benzene rings is 1. The Hall–Kier alpha value is -1.55. The van der Waals surface area contributed by atoms with E-state index in [9.17, 15) is 4.79 Å². The zero-order chi connectivity index (χ0) is 13.1. The highest BCUT2D eigenvalue weighted by Crippen LogP contribution is 2.20. The van der Waals surface area contributed by atoms with E-state index in [4.69, 9.17) is 5.11 Å². The molecule has 1 heterocycles. The van der Waals surface area contributed by atoms with E-state index in [1.165, 1.54) is 10.5 Å². The zero-order valence-electron chi connectivity index (χ0n) is 10.9. The van der Waals surface area contributed by atoms with Gasteiger partial charge in [-0.25, -0.2) is 4.79 Å². The molecule has 0 spiro atoms. The second-order valence-corrected chi connectivity index (χ2v) is 5.09. The fourth-order valence-electron chi connectivity index (χ4n) is 2.36. The normalized spacial score (nSPS) is 17.6. The Kier molecular flexibility index (Phi) is 3.87. The first kappa shape index (κ1) is 12.9. The quantitative estimate of drug-likeness (QED) is 0.887. The summed E-state index contributed by atoms with van der Waals surface area (Å²) >= 11 is 0. The van der Waals surface area contributed by atoms with E-state index < -0.39 is 6.09 Å². The third kappa shape index (κ3) is 2.82. The van der Waals surface area contributed by atoms with Gasteiger partial charge in [-0.05, 0) is 18.5 Å². The third-order valence-corrected chi connectivity index (χ3v) is 3.69. The number of likely N-dealkylation sites (tertiary alicyclic amines) is 1. The van der Waals surface area contributed by atoms with E-state index in [-0.39, 0.29) is 0 Å². The Balaban J connectivity index is 1.82. The fraction of sp³-hybridized carbons (Fsp3) is 0.500. The molecule has 0 radical (unpaired) electrons. The molecule has 1 aliphatic rings. The molecule has 0 saturated carbocycles. The number of carbonyl (C=O) groups is 1.